The van der Waals surface area contributed by atoms with Crippen molar-refractivity contribution in [1.29, 1.82) is 0 Å². The highest BCUT2D eigenvalue weighted by molar-refractivity contribution is 8.14. The van der Waals surface area contributed by atoms with E-state index in [9.17, 15) is 14.7 Å². The summed E-state index contributed by atoms with van der Waals surface area (Å²) in [7, 11) is 0. The number of likely N-dealkylation sites (tertiary alicyclic amines) is 1. The molecular formula is C23H26FN5O5S. The first-order chi connectivity index (χ1) is 17.0. The number of morpholine rings is 2. The maximum absolute atomic E-state index is 16.7. The number of hydrogen-bond acceptors (Lipinski definition) is 9. The quantitative estimate of drug-likeness (QED) is 0.673. The van der Waals surface area contributed by atoms with E-state index in [-0.39, 0.29) is 11.1 Å². The predicted octanol–water partition coefficient (Wildman–Crippen LogP) is 1.83. The van der Waals surface area contributed by atoms with E-state index in [1.165, 1.54) is 22.6 Å². The first-order valence-corrected chi connectivity index (χ1v) is 12.7. The monoisotopic (exact) mass is 503 g/mol. The van der Waals surface area contributed by atoms with Crippen LogP contribution in [-0.2, 0) is 9.47 Å². The Labute approximate surface area is 204 Å². The summed E-state index contributed by atoms with van der Waals surface area (Å²) < 4.78 is 29.1. The van der Waals surface area contributed by atoms with Crippen molar-refractivity contribution in [3.63, 3.8) is 0 Å². The SMILES string of the molecule is O=C(O)c1cn2c3c(c(N4CCOCC4)c(F)c(N4CCOCC4)c3c1=O)SC(N1CCCC1)=N2. The van der Waals surface area contributed by atoms with Gasteiger partial charge in [0.2, 0.25) is 5.43 Å². The Balaban J connectivity index is 1.68. The van der Waals surface area contributed by atoms with Crippen molar-refractivity contribution in [2.75, 3.05) is 75.5 Å². The van der Waals surface area contributed by atoms with Crippen molar-refractivity contribution in [3.8, 4) is 0 Å². The third-order valence-electron chi connectivity index (χ3n) is 6.92. The van der Waals surface area contributed by atoms with Gasteiger partial charge in [-0.25, -0.2) is 13.9 Å². The molecule has 1 N–H and O–H groups in total. The molecule has 35 heavy (non-hydrogen) atoms. The number of carbonyl (C=O) groups is 1. The first-order valence-electron chi connectivity index (χ1n) is 11.9. The standard InChI is InChI=1S/C23H26FN5O5S/c24-16-17(26-5-9-33-10-6-26)15-18-21(19(16)27-7-11-34-12-8-27)35-23(28-3-1-2-4-28)25-29(18)13-14(20(15)30)22(31)32/h13H,1-12H2,(H,31,32). The van der Waals surface area contributed by atoms with E-state index < -0.39 is 22.8 Å². The van der Waals surface area contributed by atoms with Gasteiger partial charge in [-0.2, -0.15) is 0 Å². The number of thioether (sulfide) groups is 1. The Bertz CT molecular complexity index is 1280. The molecule has 0 aliphatic carbocycles. The van der Waals surface area contributed by atoms with E-state index in [0.717, 1.165) is 25.9 Å². The second kappa shape index (κ2) is 8.99. The zero-order valence-corrected chi connectivity index (χ0v) is 20.0. The average molecular weight is 504 g/mol. The summed E-state index contributed by atoms with van der Waals surface area (Å²) in [5.74, 6) is -1.86. The molecule has 12 heteroatoms. The van der Waals surface area contributed by atoms with Gasteiger partial charge in [0.1, 0.15) is 5.56 Å². The molecule has 0 spiro atoms. The number of nitrogens with zero attached hydrogens (tertiary/aromatic N) is 5. The fourth-order valence-corrected chi connectivity index (χ4v) is 6.43. The number of halogens is 1. The summed E-state index contributed by atoms with van der Waals surface area (Å²) in [6.45, 7) is 5.26. The van der Waals surface area contributed by atoms with Gasteiger partial charge in [-0.1, -0.05) is 0 Å². The molecule has 1 aromatic carbocycles. The Morgan fingerprint density at radius 2 is 1.54 bits per heavy atom. The topological polar surface area (TPSA) is 99.8 Å². The number of aromatic nitrogens is 1. The lowest BCUT2D eigenvalue weighted by Gasteiger charge is -2.36. The third-order valence-corrected chi connectivity index (χ3v) is 8.03. The van der Waals surface area contributed by atoms with Crippen molar-refractivity contribution in [1.82, 2.24) is 9.58 Å². The molecule has 3 fully saturated rings. The number of carboxylic acids is 1. The minimum atomic E-state index is -1.36. The van der Waals surface area contributed by atoms with E-state index in [4.69, 9.17) is 14.6 Å². The Hall–Kier alpha value is -2.83. The molecule has 2 aromatic rings. The van der Waals surface area contributed by atoms with Crippen molar-refractivity contribution in [2.45, 2.75) is 17.7 Å². The highest BCUT2D eigenvalue weighted by atomic mass is 32.2. The maximum Gasteiger partial charge on any atom is 0.341 e. The molecule has 4 aliphatic rings. The molecule has 0 unspecified atom stereocenters. The highest BCUT2D eigenvalue weighted by Gasteiger charge is 2.35. The van der Waals surface area contributed by atoms with Crippen LogP contribution in [0.15, 0.2) is 21.0 Å². The number of carboxylic acid groups (broad SMARTS) is 1. The van der Waals surface area contributed by atoms with Gasteiger partial charge in [0.25, 0.3) is 0 Å². The number of amidine groups is 1. The predicted molar refractivity (Wildman–Crippen MR) is 131 cm³/mol. The Morgan fingerprint density at radius 1 is 0.943 bits per heavy atom. The zero-order valence-electron chi connectivity index (χ0n) is 19.2. The Kier molecular flexibility index (Phi) is 5.81. The lowest BCUT2D eigenvalue weighted by molar-refractivity contribution is 0.0694. The first kappa shape index (κ1) is 22.6. The number of rotatable bonds is 3. The van der Waals surface area contributed by atoms with Crippen LogP contribution in [0.3, 0.4) is 0 Å². The number of anilines is 2. The van der Waals surface area contributed by atoms with Crippen LogP contribution in [0.1, 0.15) is 23.2 Å². The molecule has 0 radical (unpaired) electrons. The average Bonchev–Trinajstić information content (AvgIpc) is 3.42. The van der Waals surface area contributed by atoms with Crippen LogP contribution in [0.2, 0.25) is 0 Å². The molecule has 5 heterocycles. The van der Waals surface area contributed by atoms with E-state index in [1.54, 1.807) is 4.90 Å². The van der Waals surface area contributed by atoms with Gasteiger partial charge in [0.05, 0.1) is 53.6 Å². The number of hydrogen-bond donors (Lipinski definition) is 1. The number of pyridine rings is 1. The van der Waals surface area contributed by atoms with Crippen LogP contribution in [0.4, 0.5) is 15.8 Å². The second-order valence-electron chi connectivity index (χ2n) is 8.96. The summed E-state index contributed by atoms with van der Waals surface area (Å²) in [6, 6.07) is 0. The molecule has 0 saturated carbocycles. The normalized spacial score (nSPS) is 20.5. The van der Waals surface area contributed by atoms with Crippen LogP contribution in [0.5, 0.6) is 0 Å². The molecule has 6 rings (SSSR count). The second-order valence-corrected chi connectivity index (χ2v) is 9.94. The minimum Gasteiger partial charge on any atom is -0.477 e. The minimum absolute atomic E-state index is 0.0630. The van der Waals surface area contributed by atoms with Crippen molar-refractivity contribution in [2.24, 2.45) is 5.10 Å². The smallest absolute Gasteiger partial charge is 0.341 e. The maximum atomic E-state index is 16.7. The van der Waals surface area contributed by atoms with Crippen molar-refractivity contribution in [3.05, 3.63) is 27.8 Å². The summed E-state index contributed by atoms with van der Waals surface area (Å²) in [6.07, 6.45) is 3.34. The van der Waals surface area contributed by atoms with Crippen LogP contribution in [0.25, 0.3) is 10.9 Å². The van der Waals surface area contributed by atoms with Gasteiger partial charge < -0.3 is 29.3 Å². The molecule has 3 saturated heterocycles. The van der Waals surface area contributed by atoms with Crippen molar-refractivity contribution < 1.29 is 23.8 Å². The van der Waals surface area contributed by atoms with E-state index in [0.29, 0.717) is 73.9 Å². The number of ether oxygens (including phenoxy) is 2. The summed E-state index contributed by atoms with van der Waals surface area (Å²) >= 11 is 1.36. The van der Waals surface area contributed by atoms with E-state index in [2.05, 4.69) is 4.90 Å². The fraction of sp³-hybridized carbons (Fsp3) is 0.522. The lowest BCUT2D eigenvalue weighted by Crippen LogP contribution is -2.40. The van der Waals surface area contributed by atoms with Gasteiger partial charge in [-0.05, 0) is 24.6 Å². The lowest BCUT2D eigenvalue weighted by atomic mass is 10.1. The zero-order chi connectivity index (χ0) is 24.1. The molecule has 1 aromatic heterocycles. The fourth-order valence-electron chi connectivity index (χ4n) is 5.19. The molecule has 4 aliphatic heterocycles. The van der Waals surface area contributed by atoms with Crippen molar-refractivity contribution >= 4 is 45.2 Å². The molecule has 10 nitrogen and oxygen atoms in total. The largest absolute Gasteiger partial charge is 0.477 e. The molecule has 0 bridgehead atoms. The Morgan fingerprint density at radius 3 is 2.14 bits per heavy atom. The third kappa shape index (κ3) is 3.74. The van der Waals surface area contributed by atoms with Gasteiger partial charge >= 0.3 is 5.97 Å². The van der Waals surface area contributed by atoms with Crippen LogP contribution >= 0.6 is 11.8 Å². The van der Waals surface area contributed by atoms with Crippen LogP contribution < -0.4 is 15.2 Å². The molecule has 0 atom stereocenters. The van der Waals surface area contributed by atoms with Gasteiger partial charge in [-0.3, -0.25) is 4.79 Å². The number of aromatic carboxylic acids is 1. The summed E-state index contributed by atoms with van der Waals surface area (Å²) in [5, 5.41) is 15.3. The molecule has 186 valence electrons. The van der Waals surface area contributed by atoms with Gasteiger partial charge in [0.15, 0.2) is 11.0 Å². The molecule has 0 amide bonds. The van der Waals surface area contributed by atoms with Gasteiger partial charge in [0, 0.05) is 45.5 Å². The van der Waals surface area contributed by atoms with Gasteiger partial charge in [-0.15, -0.1) is 5.10 Å². The molecular weight excluding hydrogens is 477 g/mol. The van der Waals surface area contributed by atoms with E-state index >= 15 is 4.39 Å². The van der Waals surface area contributed by atoms with E-state index in [1.807, 2.05) is 4.90 Å². The highest BCUT2D eigenvalue weighted by Crippen LogP contribution is 2.47. The van der Waals surface area contributed by atoms with Crippen LogP contribution in [-0.4, -0.2) is 91.5 Å². The number of benzene rings is 1. The summed E-state index contributed by atoms with van der Waals surface area (Å²) in [5.41, 5.74) is -0.101. The summed E-state index contributed by atoms with van der Waals surface area (Å²) in [4.78, 5) is 32.1. The van der Waals surface area contributed by atoms with Crippen LogP contribution in [0, 0.1) is 5.82 Å².